The first-order valence-electron chi connectivity index (χ1n) is 7.15. The molecule has 24 heavy (non-hydrogen) atoms. The standard InChI is InChI=1S/C17H13F3O3S/c18-17(19,20)12-3-1-2-11(10-12)14(21)4-5-15-13(6-9-24-15)16-22-7-8-23-16/h1-6,9-10,16H,7-8H2/b5-4+. The van der Waals surface area contributed by atoms with Crippen molar-refractivity contribution in [3.63, 3.8) is 0 Å². The van der Waals surface area contributed by atoms with E-state index >= 15 is 0 Å². The third kappa shape index (κ3) is 3.75. The Balaban J connectivity index is 1.78. The van der Waals surface area contributed by atoms with E-state index in [4.69, 9.17) is 9.47 Å². The van der Waals surface area contributed by atoms with Crippen LogP contribution in [0.3, 0.4) is 0 Å². The molecule has 0 amide bonds. The molecule has 0 spiro atoms. The number of thiophene rings is 1. The smallest absolute Gasteiger partial charge is 0.346 e. The van der Waals surface area contributed by atoms with Crippen molar-refractivity contribution in [3.05, 3.63) is 63.4 Å². The van der Waals surface area contributed by atoms with E-state index in [0.29, 0.717) is 13.2 Å². The number of hydrogen-bond acceptors (Lipinski definition) is 4. The zero-order chi connectivity index (χ0) is 17.2. The average Bonchev–Trinajstić information content (AvgIpc) is 3.22. The first kappa shape index (κ1) is 16.9. The molecule has 2 aromatic rings. The van der Waals surface area contributed by atoms with E-state index in [2.05, 4.69) is 0 Å². The highest BCUT2D eigenvalue weighted by Crippen LogP contribution is 2.31. The fourth-order valence-corrected chi connectivity index (χ4v) is 3.10. The predicted molar refractivity (Wildman–Crippen MR) is 83.8 cm³/mol. The molecule has 0 radical (unpaired) electrons. The lowest BCUT2D eigenvalue weighted by Gasteiger charge is -2.08. The molecule has 1 aromatic heterocycles. The lowest BCUT2D eigenvalue weighted by atomic mass is 10.1. The van der Waals surface area contributed by atoms with Gasteiger partial charge in [0.15, 0.2) is 12.1 Å². The molecule has 126 valence electrons. The molecule has 0 atom stereocenters. The minimum absolute atomic E-state index is 0.00690. The van der Waals surface area contributed by atoms with Crippen molar-refractivity contribution in [2.75, 3.05) is 13.2 Å². The molecule has 1 aliphatic heterocycles. The highest BCUT2D eigenvalue weighted by molar-refractivity contribution is 7.11. The number of alkyl halides is 3. The summed E-state index contributed by atoms with van der Waals surface area (Å²) in [5, 5.41) is 1.84. The van der Waals surface area contributed by atoms with Crippen molar-refractivity contribution < 1.29 is 27.4 Å². The van der Waals surface area contributed by atoms with E-state index in [1.807, 2.05) is 11.4 Å². The maximum absolute atomic E-state index is 12.7. The largest absolute Gasteiger partial charge is 0.416 e. The van der Waals surface area contributed by atoms with Crippen molar-refractivity contribution >= 4 is 23.2 Å². The summed E-state index contributed by atoms with van der Waals surface area (Å²) < 4.78 is 49.0. The molecule has 7 heteroatoms. The number of ketones is 1. The molecular formula is C17H13F3O3S. The third-order valence-electron chi connectivity index (χ3n) is 3.46. The molecule has 2 heterocycles. The van der Waals surface area contributed by atoms with Crippen molar-refractivity contribution in [1.29, 1.82) is 0 Å². The van der Waals surface area contributed by atoms with Crippen LogP contribution in [-0.2, 0) is 15.7 Å². The summed E-state index contributed by atoms with van der Waals surface area (Å²) in [6.07, 6.45) is -2.09. The van der Waals surface area contributed by atoms with E-state index in [-0.39, 0.29) is 5.56 Å². The number of hydrogen-bond donors (Lipinski definition) is 0. The summed E-state index contributed by atoms with van der Waals surface area (Å²) in [6.45, 7) is 1.01. The summed E-state index contributed by atoms with van der Waals surface area (Å²) in [6, 6.07) is 6.22. The highest BCUT2D eigenvalue weighted by atomic mass is 32.1. The first-order chi connectivity index (χ1) is 11.4. The van der Waals surface area contributed by atoms with Crippen LogP contribution in [0.25, 0.3) is 6.08 Å². The lowest BCUT2D eigenvalue weighted by molar-refractivity contribution is -0.137. The number of ether oxygens (including phenoxy) is 2. The van der Waals surface area contributed by atoms with Gasteiger partial charge in [-0.05, 0) is 35.7 Å². The van der Waals surface area contributed by atoms with Gasteiger partial charge < -0.3 is 9.47 Å². The quantitative estimate of drug-likeness (QED) is 0.589. The van der Waals surface area contributed by atoms with Gasteiger partial charge in [0.1, 0.15) is 0 Å². The topological polar surface area (TPSA) is 35.5 Å². The monoisotopic (exact) mass is 354 g/mol. The Kier molecular flexibility index (Phi) is 4.84. The molecule has 0 unspecified atom stereocenters. The molecular weight excluding hydrogens is 341 g/mol. The van der Waals surface area contributed by atoms with Crippen molar-refractivity contribution in [3.8, 4) is 0 Å². The molecule has 1 saturated heterocycles. The molecule has 0 N–H and O–H groups in total. The second-order valence-corrected chi connectivity index (χ2v) is 6.04. The summed E-state index contributed by atoms with van der Waals surface area (Å²) in [5.41, 5.74) is -0.0375. The highest BCUT2D eigenvalue weighted by Gasteiger charge is 2.30. The van der Waals surface area contributed by atoms with Gasteiger partial charge in [-0.2, -0.15) is 13.2 Å². The fourth-order valence-electron chi connectivity index (χ4n) is 2.30. The Morgan fingerprint density at radius 1 is 1.21 bits per heavy atom. The summed E-state index contributed by atoms with van der Waals surface area (Å²) in [5.74, 6) is -0.492. The number of carbonyl (C=O) groups is 1. The van der Waals surface area contributed by atoms with Crippen molar-refractivity contribution in [1.82, 2.24) is 0 Å². The zero-order valence-corrected chi connectivity index (χ0v) is 13.2. The number of rotatable bonds is 4. The van der Waals surface area contributed by atoms with E-state index < -0.39 is 23.8 Å². The number of allylic oxidation sites excluding steroid dienone is 1. The van der Waals surface area contributed by atoms with Crippen LogP contribution >= 0.6 is 11.3 Å². The van der Waals surface area contributed by atoms with Gasteiger partial charge in [-0.1, -0.05) is 12.1 Å². The van der Waals surface area contributed by atoms with Gasteiger partial charge in [0.25, 0.3) is 0 Å². The molecule has 0 saturated carbocycles. The van der Waals surface area contributed by atoms with Crippen LogP contribution in [0.1, 0.15) is 32.7 Å². The Bertz CT molecular complexity index is 758. The second-order valence-electron chi connectivity index (χ2n) is 5.09. The van der Waals surface area contributed by atoms with Crippen LogP contribution in [0.5, 0.6) is 0 Å². The minimum atomic E-state index is -4.47. The van der Waals surface area contributed by atoms with E-state index in [9.17, 15) is 18.0 Å². The number of carbonyl (C=O) groups excluding carboxylic acids is 1. The van der Waals surface area contributed by atoms with Gasteiger partial charge in [-0.25, -0.2) is 0 Å². The summed E-state index contributed by atoms with van der Waals surface area (Å²) in [4.78, 5) is 12.9. The summed E-state index contributed by atoms with van der Waals surface area (Å²) >= 11 is 1.40. The van der Waals surface area contributed by atoms with Gasteiger partial charge in [0.2, 0.25) is 0 Å². The number of benzene rings is 1. The van der Waals surface area contributed by atoms with Crippen LogP contribution in [0.15, 0.2) is 41.8 Å². The van der Waals surface area contributed by atoms with Crippen LogP contribution < -0.4 is 0 Å². The summed E-state index contributed by atoms with van der Waals surface area (Å²) in [7, 11) is 0. The van der Waals surface area contributed by atoms with Gasteiger partial charge in [0, 0.05) is 16.0 Å². The normalized spacial score (nSPS) is 16.1. The minimum Gasteiger partial charge on any atom is -0.346 e. The van der Waals surface area contributed by atoms with Gasteiger partial charge in [0.05, 0.1) is 18.8 Å². The lowest BCUT2D eigenvalue weighted by Crippen LogP contribution is -2.06. The SMILES string of the molecule is O=C(/C=C/c1sccc1C1OCCO1)c1cccc(C(F)(F)F)c1. The maximum atomic E-state index is 12.7. The van der Waals surface area contributed by atoms with Gasteiger partial charge in [-0.3, -0.25) is 4.79 Å². The zero-order valence-electron chi connectivity index (χ0n) is 12.4. The average molecular weight is 354 g/mol. The Morgan fingerprint density at radius 3 is 2.67 bits per heavy atom. The van der Waals surface area contributed by atoms with E-state index in [1.165, 1.54) is 29.5 Å². The molecule has 0 aliphatic carbocycles. The molecule has 3 rings (SSSR count). The van der Waals surface area contributed by atoms with Crippen LogP contribution in [0.2, 0.25) is 0 Å². The molecule has 1 aliphatic rings. The predicted octanol–water partition coefficient (Wildman–Crippen LogP) is 4.71. The first-order valence-corrected chi connectivity index (χ1v) is 8.03. The van der Waals surface area contributed by atoms with Crippen LogP contribution in [-0.4, -0.2) is 19.0 Å². The maximum Gasteiger partial charge on any atom is 0.416 e. The third-order valence-corrected chi connectivity index (χ3v) is 4.36. The number of halogens is 3. The molecule has 0 bridgehead atoms. The molecule has 1 fully saturated rings. The fraction of sp³-hybridized carbons (Fsp3) is 0.235. The Hall–Kier alpha value is -1.96. The van der Waals surface area contributed by atoms with Gasteiger partial charge in [-0.15, -0.1) is 11.3 Å². The van der Waals surface area contributed by atoms with E-state index in [1.54, 1.807) is 6.08 Å². The van der Waals surface area contributed by atoms with Crippen LogP contribution in [0.4, 0.5) is 13.2 Å². The molecule has 3 nitrogen and oxygen atoms in total. The molecule has 1 aromatic carbocycles. The van der Waals surface area contributed by atoms with Gasteiger partial charge >= 0.3 is 6.18 Å². The van der Waals surface area contributed by atoms with Crippen molar-refractivity contribution in [2.24, 2.45) is 0 Å². The van der Waals surface area contributed by atoms with Crippen molar-refractivity contribution in [2.45, 2.75) is 12.5 Å². The second kappa shape index (κ2) is 6.88. The van der Waals surface area contributed by atoms with Crippen LogP contribution in [0, 0.1) is 0 Å². The Labute approximate surface area is 140 Å². The Morgan fingerprint density at radius 2 is 1.96 bits per heavy atom. The van der Waals surface area contributed by atoms with E-state index in [0.717, 1.165) is 22.6 Å².